The molecule has 1 rings (SSSR count). The van der Waals surface area contributed by atoms with Gasteiger partial charge in [0.2, 0.25) is 0 Å². The van der Waals surface area contributed by atoms with Crippen molar-refractivity contribution in [2.75, 3.05) is 0 Å². The lowest BCUT2D eigenvalue weighted by atomic mass is 10.1. The Kier molecular flexibility index (Phi) is 2.25. The summed E-state index contributed by atoms with van der Waals surface area (Å²) in [5.74, 6) is 0. The fraction of sp³-hybridized carbons (Fsp3) is 0.571. The molecule has 1 aromatic heterocycles. The molecule has 0 radical (unpaired) electrons. The van der Waals surface area contributed by atoms with Crippen LogP contribution in [0.25, 0.3) is 0 Å². The predicted molar refractivity (Wildman–Crippen MR) is 45.8 cm³/mol. The number of aliphatic hydroxyl groups is 1. The number of thiol groups is 1. The van der Waals surface area contributed by atoms with Crippen molar-refractivity contribution >= 4 is 12.6 Å². The van der Waals surface area contributed by atoms with Gasteiger partial charge in [0.05, 0.1) is 18.3 Å². The molecule has 11 heavy (non-hydrogen) atoms. The first kappa shape index (κ1) is 8.62. The van der Waals surface area contributed by atoms with Gasteiger partial charge in [0.15, 0.2) is 0 Å². The third-order valence-corrected chi connectivity index (χ3v) is 1.40. The molecule has 0 fully saturated rings. The van der Waals surface area contributed by atoms with Crippen molar-refractivity contribution in [3.8, 4) is 0 Å². The van der Waals surface area contributed by atoms with Crippen molar-refractivity contribution in [1.82, 2.24) is 9.78 Å². The highest BCUT2D eigenvalue weighted by Crippen LogP contribution is 2.07. The maximum absolute atomic E-state index is 9.39. The molecular weight excluding hydrogens is 160 g/mol. The molecule has 0 amide bonds. The molecule has 0 aliphatic heterocycles. The maximum Gasteiger partial charge on any atom is 0.0786 e. The first-order chi connectivity index (χ1) is 4.97. The standard InChI is InChI=1S/C7H12N2OS/c1-7(2,10)5-9-4-6(11)3-8-9/h3-4,10-11H,5H2,1-2H3. The highest BCUT2D eigenvalue weighted by molar-refractivity contribution is 7.80. The zero-order valence-electron chi connectivity index (χ0n) is 6.65. The van der Waals surface area contributed by atoms with E-state index in [1.54, 1.807) is 30.9 Å². The maximum atomic E-state index is 9.39. The highest BCUT2D eigenvalue weighted by Gasteiger charge is 2.13. The molecule has 0 aliphatic carbocycles. The Balaban J connectivity index is 2.65. The van der Waals surface area contributed by atoms with E-state index in [-0.39, 0.29) is 0 Å². The van der Waals surface area contributed by atoms with E-state index in [1.807, 2.05) is 0 Å². The Morgan fingerprint density at radius 1 is 1.73 bits per heavy atom. The Labute approximate surface area is 71.4 Å². The van der Waals surface area contributed by atoms with Crippen LogP contribution in [0.4, 0.5) is 0 Å². The van der Waals surface area contributed by atoms with Crippen molar-refractivity contribution in [2.24, 2.45) is 0 Å². The van der Waals surface area contributed by atoms with Crippen molar-refractivity contribution in [1.29, 1.82) is 0 Å². The van der Waals surface area contributed by atoms with Gasteiger partial charge in [-0.25, -0.2) is 0 Å². The van der Waals surface area contributed by atoms with Gasteiger partial charge in [0.1, 0.15) is 0 Å². The minimum absolute atomic E-state index is 0.494. The number of hydrogen-bond acceptors (Lipinski definition) is 3. The summed E-state index contributed by atoms with van der Waals surface area (Å²) in [5, 5.41) is 13.4. The Morgan fingerprint density at radius 2 is 2.36 bits per heavy atom. The van der Waals surface area contributed by atoms with Crippen LogP contribution in [0.15, 0.2) is 17.3 Å². The van der Waals surface area contributed by atoms with E-state index in [2.05, 4.69) is 17.7 Å². The molecule has 0 aromatic carbocycles. The summed E-state index contributed by atoms with van der Waals surface area (Å²) in [5.41, 5.74) is -0.716. The quantitative estimate of drug-likeness (QED) is 0.652. The molecule has 0 saturated carbocycles. The van der Waals surface area contributed by atoms with Crippen LogP contribution in [0.1, 0.15) is 13.8 Å². The average molecular weight is 172 g/mol. The van der Waals surface area contributed by atoms with E-state index in [9.17, 15) is 5.11 Å². The average Bonchev–Trinajstić information content (AvgIpc) is 2.10. The van der Waals surface area contributed by atoms with Gasteiger partial charge >= 0.3 is 0 Å². The number of hydrogen-bond donors (Lipinski definition) is 2. The molecule has 4 heteroatoms. The van der Waals surface area contributed by atoms with Gasteiger partial charge in [0, 0.05) is 11.1 Å². The van der Waals surface area contributed by atoms with Gasteiger partial charge in [0.25, 0.3) is 0 Å². The first-order valence-corrected chi connectivity index (χ1v) is 3.86. The molecule has 0 unspecified atom stereocenters. The van der Waals surface area contributed by atoms with Crippen LogP contribution in [-0.4, -0.2) is 20.5 Å². The van der Waals surface area contributed by atoms with E-state index in [0.29, 0.717) is 6.54 Å². The summed E-state index contributed by atoms with van der Waals surface area (Å²) in [6, 6.07) is 0. The summed E-state index contributed by atoms with van der Waals surface area (Å²) >= 11 is 4.09. The summed E-state index contributed by atoms with van der Waals surface area (Å²) in [6.07, 6.45) is 3.43. The second-order valence-corrected chi connectivity index (χ2v) is 3.72. The third kappa shape index (κ3) is 2.95. The van der Waals surface area contributed by atoms with Crippen LogP contribution < -0.4 is 0 Å². The lowest BCUT2D eigenvalue weighted by molar-refractivity contribution is 0.0577. The van der Waals surface area contributed by atoms with E-state index >= 15 is 0 Å². The smallest absolute Gasteiger partial charge is 0.0786 e. The first-order valence-electron chi connectivity index (χ1n) is 3.41. The van der Waals surface area contributed by atoms with Crippen LogP contribution in [-0.2, 0) is 6.54 Å². The largest absolute Gasteiger partial charge is 0.389 e. The van der Waals surface area contributed by atoms with Crippen LogP contribution in [0, 0.1) is 0 Å². The van der Waals surface area contributed by atoms with Gasteiger partial charge in [-0.05, 0) is 13.8 Å². The second-order valence-electron chi connectivity index (χ2n) is 3.21. The number of rotatable bonds is 2. The summed E-state index contributed by atoms with van der Waals surface area (Å²) in [7, 11) is 0. The van der Waals surface area contributed by atoms with Crippen molar-refractivity contribution in [3.63, 3.8) is 0 Å². The third-order valence-electron chi connectivity index (χ3n) is 1.17. The molecule has 0 bridgehead atoms. The van der Waals surface area contributed by atoms with E-state index in [0.717, 1.165) is 4.90 Å². The molecule has 0 spiro atoms. The molecule has 1 heterocycles. The number of aromatic nitrogens is 2. The molecular formula is C7H12N2OS. The fourth-order valence-electron chi connectivity index (χ4n) is 0.836. The minimum Gasteiger partial charge on any atom is -0.389 e. The van der Waals surface area contributed by atoms with E-state index < -0.39 is 5.60 Å². The molecule has 3 nitrogen and oxygen atoms in total. The number of nitrogens with zero attached hydrogens (tertiary/aromatic N) is 2. The highest BCUT2D eigenvalue weighted by atomic mass is 32.1. The molecule has 1 N–H and O–H groups in total. The second kappa shape index (κ2) is 2.87. The van der Waals surface area contributed by atoms with Crippen LogP contribution in [0.2, 0.25) is 0 Å². The molecule has 1 aromatic rings. The van der Waals surface area contributed by atoms with Crippen LogP contribution in [0.3, 0.4) is 0 Å². The summed E-state index contributed by atoms with van der Waals surface area (Å²) < 4.78 is 1.67. The molecule has 0 atom stereocenters. The SMILES string of the molecule is CC(C)(O)Cn1cc(S)cn1. The van der Waals surface area contributed by atoms with Crippen LogP contribution >= 0.6 is 12.6 Å². The van der Waals surface area contributed by atoms with Crippen molar-refractivity contribution in [3.05, 3.63) is 12.4 Å². The van der Waals surface area contributed by atoms with Gasteiger partial charge in [-0.3, -0.25) is 4.68 Å². The monoisotopic (exact) mass is 172 g/mol. The van der Waals surface area contributed by atoms with Gasteiger partial charge in [-0.1, -0.05) is 0 Å². The summed E-state index contributed by atoms with van der Waals surface area (Å²) in [6.45, 7) is 3.98. The van der Waals surface area contributed by atoms with Crippen molar-refractivity contribution in [2.45, 2.75) is 30.9 Å². The van der Waals surface area contributed by atoms with Gasteiger partial charge < -0.3 is 5.11 Å². The lowest BCUT2D eigenvalue weighted by Crippen LogP contribution is -2.26. The molecule has 62 valence electrons. The Morgan fingerprint density at radius 3 is 2.73 bits per heavy atom. The zero-order chi connectivity index (χ0) is 8.48. The normalized spacial score (nSPS) is 12.0. The summed E-state index contributed by atoms with van der Waals surface area (Å²) in [4.78, 5) is 0.814. The minimum atomic E-state index is -0.716. The predicted octanol–water partition coefficient (Wildman–Crippen LogP) is 0.943. The molecule has 0 aliphatic rings. The van der Waals surface area contributed by atoms with Crippen LogP contribution in [0.5, 0.6) is 0 Å². The zero-order valence-corrected chi connectivity index (χ0v) is 7.55. The van der Waals surface area contributed by atoms with Gasteiger partial charge in [-0.15, -0.1) is 12.6 Å². The Hall–Kier alpha value is -0.480. The van der Waals surface area contributed by atoms with E-state index in [1.165, 1.54) is 0 Å². The van der Waals surface area contributed by atoms with Gasteiger partial charge in [-0.2, -0.15) is 5.10 Å². The van der Waals surface area contributed by atoms with E-state index in [4.69, 9.17) is 0 Å². The Bertz CT molecular complexity index is 239. The lowest BCUT2D eigenvalue weighted by Gasteiger charge is -2.16. The fourth-order valence-corrected chi connectivity index (χ4v) is 1.02. The molecule has 0 saturated heterocycles. The van der Waals surface area contributed by atoms with Crippen molar-refractivity contribution < 1.29 is 5.11 Å². The topological polar surface area (TPSA) is 38.0 Å².